The number of piperidine rings is 2. The molecular weight excluding hydrogens is 312 g/mol. The Kier molecular flexibility index (Phi) is 3.73. The zero-order valence-electron chi connectivity index (χ0n) is 10.2. The largest absolute Gasteiger partial charge is 0.334 e. The lowest BCUT2D eigenvalue weighted by molar-refractivity contribution is -0.140. The molecule has 1 aromatic rings. The van der Waals surface area contributed by atoms with Crippen LogP contribution in [-0.2, 0) is 11.3 Å². The minimum Gasteiger partial charge on any atom is -0.334 e. The molecule has 0 saturated carbocycles. The van der Waals surface area contributed by atoms with Gasteiger partial charge >= 0.3 is 0 Å². The van der Waals surface area contributed by atoms with Crippen molar-refractivity contribution in [1.82, 2.24) is 10.2 Å². The molecule has 1 N–H and O–H groups in total. The first kappa shape index (κ1) is 12.6. The number of likely N-dealkylation sites (tertiary alicyclic amines) is 1. The molecule has 0 aromatic carbocycles. The van der Waals surface area contributed by atoms with E-state index in [2.05, 4.69) is 37.6 Å². The van der Waals surface area contributed by atoms with Crippen molar-refractivity contribution in [2.45, 2.75) is 31.8 Å². The van der Waals surface area contributed by atoms with Crippen LogP contribution in [0.5, 0.6) is 0 Å². The van der Waals surface area contributed by atoms with Crippen LogP contribution < -0.4 is 5.32 Å². The van der Waals surface area contributed by atoms with Crippen LogP contribution in [0.2, 0.25) is 0 Å². The van der Waals surface area contributed by atoms with Gasteiger partial charge in [-0.1, -0.05) is 0 Å². The van der Waals surface area contributed by atoms with Crippen LogP contribution in [0.1, 0.15) is 24.1 Å². The van der Waals surface area contributed by atoms with E-state index in [0.717, 1.165) is 36.9 Å². The van der Waals surface area contributed by atoms with Crippen LogP contribution in [0.4, 0.5) is 0 Å². The standard InChI is InChI=1S/C13H17BrN2OS/c14-10-4-6-18-12(10)8-16-11-3-5-15-7-9(11)1-2-13(16)17/h4,6,9,11,15H,1-3,5,7-8H2. The van der Waals surface area contributed by atoms with E-state index in [0.29, 0.717) is 24.3 Å². The zero-order valence-corrected chi connectivity index (χ0v) is 12.6. The summed E-state index contributed by atoms with van der Waals surface area (Å²) in [5.41, 5.74) is 0. The minimum absolute atomic E-state index is 0.332. The second-order valence-electron chi connectivity index (χ2n) is 5.07. The summed E-state index contributed by atoms with van der Waals surface area (Å²) in [4.78, 5) is 15.6. The van der Waals surface area contributed by atoms with Crippen LogP contribution in [0.25, 0.3) is 0 Å². The number of amides is 1. The smallest absolute Gasteiger partial charge is 0.223 e. The van der Waals surface area contributed by atoms with Gasteiger partial charge in [-0.3, -0.25) is 4.79 Å². The number of rotatable bonds is 2. The molecule has 3 heterocycles. The third-order valence-electron chi connectivity index (χ3n) is 4.02. The summed E-state index contributed by atoms with van der Waals surface area (Å²) in [5, 5.41) is 5.52. The number of hydrogen-bond donors (Lipinski definition) is 1. The Morgan fingerprint density at radius 1 is 1.50 bits per heavy atom. The summed E-state index contributed by atoms with van der Waals surface area (Å²) in [7, 11) is 0. The molecule has 0 aliphatic carbocycles. The van der Waals surface area contributed by atoms with Crippen LogP contribution in [0, 0.1) is 5.92 Å². The van der Waals surface area contributed by atoms with E-state index in [1.54, 1.807) is 11.3 Å². The Balaban J connectivity index is 1.79. The van der Waals surface area contributed by atoms with Gasteiger partial charge in [-0.2, -0.15) is 0 Å². The number of nitrogens with zero attached hydrogens (tertiary/aromatic N) is 1. The summed E-state index contributed by atoms with van der Waals surface area (Å²) in [6.07, 6.45) is 2.86. The summed E-state index contributed by atoms with van der Waals surface area (Å²) < 4.78 is 1.14. The first-order chi connectivity index (χ1) is 8.75. The Morgan fingerprint density at radius 2 is 2.39 bits per heavy atom. The molecule has 18 heavy (non-hydrogen) atoms. The van der Waals surface area contributed by atoms with Crippen LogP contribution in [0.15, 0.2) is 15.9 Å². The molecule has 2 atom stereocenters. The fraction of sp³-hybridized carbons (Fsp3) is 0.615. The summed E-state index contributed by atoms with van der Waals surface area (Å²) >= 11 is 5.29. The van der Waals surface area contributed by atoms with Gasteiger partial charge < -0.3 is 10.2 Å². The summed E-state index contributed by atoms with van der Waals surface area (Å²) in [6, 6.07) is 2.51. The Bertz CT molecular complexity index is 448. The maximum atomic E-state index is 12.2. The number of carbonyl (C=O) groups excluding carboxylic acids is 1. The highest BCUT2D eigenvalue weighted by Crippen LogP contribution is 2.32. The van der Waals surface area contributed by atoms with Gasteiger partial charge in [-0.25, -0.2) is 0 Å². The van der Waals surface area contributed by atoms with E-state index in [4.69, 9.17) is 0 Å². The molecule has 3 rings (SSSR count). The van der Waals surface area contributed by atoms with Gasteiger partial charge in [0.25, 0.3) is 0 Å². The van der Waals surface area contributed by atoms with Crippen molar-refractivity contribution < 1.29 is 4.79 Å². The van der Waals surface area contributed by atoms with Crippen LogP contribution in [-0.4, -0.2) is 29.9 Å². The number of fused-ring (bicyclic) bond motifs is 1. The lowest BCUT2D eigenvalue weighted by atomic mass is 9.84. The molecule has 2 fully saturated rings. The fourth-order valence-corrected chi connectivity index (χ4v) is 4.52. The SMILES string of the molecule is O=C1CCC2CNCCC2N1Cc1sccc1Br. The number of thiophene rings is 1. The normalized spacial score (nSPS) is 28.3. The van der Waals surface area contributed by atoms with Crippen molar-refractivity contribution in [3.63, 3.8) is 0 Å². The first-order valence-electron chi connectivity index (χ1n) is 6.48. The molecule has 2 unspecified atom stereocenters. The van der Waals surface area contributed by atoms with Gasteiger partial charge in [0.05, 0.1) is 6.54 Å². The van der Waals surface area contributed by atoms with E-state index in [1.807, 2.05) is 0 Å². The molecule has 1 amide bonds. The highest BCUT2D eigenvalue weighted by atomic mass is 79.9. The second kappa shape index (κ2) is 5.31. The van der Waals surface area contributed by atoms with E-state index in [9.17, 15) is 4.79 Å². The second-order valence-corrected chi connectivity index (χ2v) is 6.93. The van der Waals surface area contributed by atoms with Crippen molar-refractivity contribution in [3.8, 4) is 0 Å². The van der Waals surface area contributed by atoms with E-state index in [1.165, 1.54) is 4.88 Å². The molecule has 2 aliphatic rings. The van der Waals surface area contributed by atoms with Gasteiger partial charge in [0.2, 0.25) is 5.91 Å². The van der Waals surface area contributed by atoms with Gasteiger partial charge in [0, 0.05) is 21.8 Å². The van der Waals surface area contributed by atoms with Crippen LogP contribution in [0.3, 0.4) is 0 Å². The van der Waals surface area contributed by atoms with Crippen molar-refractivity contribution in [2.75, 3.05) is 13.1 Å². The molecule has 0 radical (unpaired) electrons. The Labute approximate surface area is 120 Å². The monoisotopic (exact) mass is 328 g/mol. The third kappa shape index (κ3) is 2.36. The van der Waals surface area contributed by atoms with Gasteiger partial charge in [0.15, 0.2) is 0 Å². The van der Waals surface area contributed by atoms with E-state index in [-0.39, 0.29) is 0 Å². The van der Waals surface area contributed by atoms with Gasteiger partial charge in [-0.05, 0) is 59.2 Å². The molecule has 0 bridgehead atoms. The Hall–Kier alpha value is -0.390. The molecule has 5 heteroatoms. The van der Waals surface area contributed by atoms with Crippen molar-refractivity contribution in [3.05, 3.63) is 20.8 Å². The maximum Gasteiger partial charge on any atom is 0.223 e. The number of hydrogen-bond acceptors (Lipinski definition) is 3. The first-order valence-corrected chi connectivity index (χ1v) is 8.15. The molecule has 0 spiro atoms. The topological polar surface area (TPSA) is 32.3 Å². The van der Waals surface area contributed by atoms with Crippen molar-refractivity contribution >= 4 is 33.2 Å². The molecular formula is C13H17BrN2OS. The lowest BCUT2D eigenvalue weighted by Gasteiger charge is -2.44. The average Bonchev–Trinajstić information content (AvgIpc) is 2.79. The highest BCUT2D eigenvalue weighted by molar-refractivity contribution is 9.10. The molecule has 2 aliphatic heterocycles. The Morgan fingerprint density at radius 3 is 3.17 bits per heavy atom. The van der Waals surface area contributed by atoms with Gasteiger partial charge in [-0.15, -0.1) is 11.3 Å². The number of carbonyl (C=O) groups is 1. The van der Waals surface area contributed by atoms with E-state index >= 15 is 0 Å². The summed E-state index contributed by atoms with van der Waals surface area (Å²) in [6.45, 7) is 2.88. The number of halogens is 1. The van der Waals surface area contributed by atoms with Crippen molar-refractivity contribution in [2.24, 2.45) is 5.92 Å². The van der Waals surface area contributed by atoms with E-state index < -0.39 is 0 Å². The maximum absolute atomic E-state index is 12.2. The zero-order chi connectivity index (χ0) is 12.5. The molecule has 2 saturated heterocycles. The minimum atomic E-state index is 0.332. The fourth-order valence-electron chi connectivity index (χ4n) is 3.05. The molecule has 3 nitrogen and oxygen atoms in total. The average molecular weight is 329 g/mol. The predicted octanol–water partition coefficient (Wildman–Crippen LogP) is 2.61. The molecule has 1 aromatic heterocycles. The van der Waals surface area contributed by atoms with Crippen molar-refractivity contribution in [1.29, 1.82) is 0 Å². The van der Waals surface area contributed by atoms with Gasteiger partial charge in [0.1, 0.15) is 0 Å². The molecule has 98 valence electrons. The summed E-state index contributed by atoms with van der Waals surface area (Å²) in [5.74, 6) is 0.980. The number of nitrogens with one attached hydrogen (secondary N) is 1. The lowest BCUT2D eigenvalue weighted by Crippen LogP contribution is -2.54. The van der Waals surface area contributed by atoms with Crippen LogP contribution >= 0.6 is 27.3 Å². The third-order valence-corrected chi connectivity index (χ3v) is 5.93. The quantitative estimate of drug-likeness (QED) is 0.905. The predicted molar refractivity (Wildman–Crippen MR) is 76.6 cm³/mol. The highest BCUT2D eigenvalue weighted by Gasteiger charge is 2.37.